The number of nitrogens with zero attached hydrogens (tertiary/aromatic N) is 2. The molecule has 2 rings (SSSR count). The van der Waals surface area contributed by atoms with Crippen molar-refractivity contribution in [2.45, 2.75) is 30.7 Å². The van der Waals surface area contributed by atoms with Crippen LogP contribution in [0.1, 0.15) is 25.8 Å². The number of thioether (sulfide) groups is 1. The molecule has 4 nitrogen and oxygen atoms in total. The predicted molar refractivity (Wildman–Crippen MR) is 91.4 cm³/mol. The Labute approximate surface area is 140 Å². The largest absolute Gasteiger partial charge is 0.354 e. The molecular weight excluding hydrogens is 318 g/mol. The third-order valence-corrected chi connectivity index (χ3v) is 4.59. The molecule has 0 spiro atoms. The molecule has 1 aromatic carbocycles. The number of halogens is 1. The Hall–Kier alpha value is -1.46. The zero-order valence-corrected chi connectivity index (χ0v) is 14.1. The summed E-state index contributed by atoms with van der Waals surface area (Å²) in [6, 6.07) is 9.41. The van der Waals surface area contributed by atoms with Gasteiger partial charge in [-0.25, -0.2) is 0 Å². The van der Waals surface area contributed by atoms with Crippen LogP contribution in [-0.4, -0.2) is 28.0 Å². The first kappa shape index (κ1) is 16.9. The zero-order chi connectivity index (χ0) is 15.8. The number of carbonyl (C=O) groups is 1. The summed E-state index contributed by atoms with van der Waals surface area (Å²) in [7, 11) is 0. The number of rotatable bonds is 8. The maximum absolute atomic E-state index is 12.1. The lowest BCUT2D eigenvalue weighted by Gasteiger charge is -2.15. The van der Waals surface area contributed by atoms with Gasteiger partial charge in [-0.15, -0.1) is 11.8 Å². The van der Waals surface area contributed by atoms with Crippen LogP contribution in [0.5, 0.6) is 0 Å². The van der Waals surface area contributed by atoms with Crippen LogP contribution in [0.25, 0.3) is 0 Å². The Morgan fingerprint density at radius 1 is 1.41 bits per heavy atom. The lowest BCUT2D eigenvalue weighted by Crippen LogP contribution is -2.33. The van der Waals surface area contributed by atoms with E-state index in [1.54, 1.807) is 22.6 Å². The van der Waals surface area contributed by atoms with Crippen LogP contribution in [0.2, 0.25) is 5.02 Å². The summed E-state index contributed by atoms with van der Waals surface area (Å²) < 4.78 is 1.71. The van der Waals surface area contributed by atoms with E-state index in [2.05, 4.69) is 10.4 Å². The van der Waals surface area contributed by atoms with Gasteiger partial charge < -0.3 is 5.32 Å². The molecule has 1 atom stereocenters. The monoisotopic (exact) mass is 337 g/mol. The van der Waals surface area contributed by atoms with Gasteiger partial charge in [0, 0.05) is 28.9 Å². The maximum atomic E-state index is 12.1. The van der Waals surface area contributed by atoms with Crippen LogP contribution in [0.3, 0.4) is 0 Å². The molecule has 1 heterocycles. The summed E-state index contributed by atoms with van der Waals surface area (Å²) in [5.41, 5.74) is 0. The normalized spacial score (nSPS) is 12.1. The van der Waals surface area contributed by atoms with Gasteiger partial charge in [0.1, 0.15) is 6.04 Å². The number of hydrogen-bond donors (Lipinski definition) is 1. The number of hydrogen-bond acceptors (Lipinski definition) is 3. The Balaban J connectivity index is 1.67. The van der Waals surface area contributed by atoms with Gasteiger partial charge in [-0.2, -0.15) is 5.10 Å². The van der Waals surface area contributed by atoms with E-state index in [1.165, 1.54) is 4.90 Å². The average Bonchev–Trinajstić information content (AvgIpc) is 3.03. The Morgan fingerprint density at radius 3 is 2.82 bits per heavy atom. The molecule has 6 heteroatoms. The van der Waals surface area contributed by atoms with Crippen molar-refractivity contribution in [2.75, 3.05) is 12.3 Å². The topological polar surface area (TPSA) is 46.9 Å². The lowest BCUT2D eigenvalue weighted by molar-refractivity contribution is -0.124. The first-order valence-corrected chi connectivity index (χ1v) is 8.72. The van der Waals surface area contributed by atoms with Crippen molar-refractivity contribution in [1.29, 1.82) is 0 Å². The fourth-order valence-corrected chi connectivity index (χ4v) is 3.06. The van der Waals surface area contributed by atoms with Gasteiger partial charge in [-0.05, 0) is 48.9 Å². The van der Waals surface area contributed by atoms with Gasteiger partial charge in [0.15, 0.2) is 0 Å². The summed E-state index contributed by atoms with van der Waals surface area (Å²) in [4.78, 5) is 13.3. The molecule has 0 radical (unpaired) electrons. The lowest BCUT2D eigenvalue weighted by atomic mass is 10.2. The van der Waals surface area contributed by atoms with Crippen LogP contribution < -0.4 is 5.32 Å². The van der Waals surface area contributed by atoms with Gasteiger partial charge in [-0.1, -0.05) is 18.5 Å². The molecule has 0 aliphatic rings. The van der Waals surface area contributed by atoms with Crippen molar-refractivity contribution in [3.05, 3.63) is 47.7 Å². The fraction of sp³-hybridized carbons (Fsp3) is 0.375. The first-order chi connectivity index (χ1) is 10.7. The molecule has 0 saturated carbocycles. The van der Waals surface area contributed by atoms with Crippen molar-refractivity contribution >= 4 is 29.3 Å². The van der Waals surface area contributed by atoms with Crippen LogP contribution >= 0.6 is 23.4 Å². The van der Waals surface area contributed by atoms with Crippen LogP contribution in [-0.2, 0) is 4.79 Å². The molecule has 22 heavy (non-hydrogen) atoms. The smallest absolute Gasteiger partial charge is 0.244 e. The number of amides is 1. The van der Waals surface area contributed by atoms with Crippen LogP contribution in [0, 0.1) is 0 Å². The van der Waals surface area contributed by atoms with Crippen molar-refractivity contribution in [3.8, 4) is 0 Å². The molecule has 0 fully saturated rings. The summed E-state index contributed by atoms with van der Waals surface area (Å²) in [6.45, 7) is 2.67. The number of nitrogens with one attached hydrogen (secondary N) is 1. The van der Waals surface area contributed by atoms with Crippen LogP contribution in [0.15, 0.2) is 47.6 Å². The van der Waals surface area contributed by atoms with Gasteiger partial charge in [0.2, 0.25) is 5.91 Å². The van der Waals surface area contributed by atoms with E-state index in [0.29, 0.717) is 6.54 Å². The molecule has 118 valence electrons. The van der Waals surface area contributed by atoms with E-state index in [4.69, 9.17) is 11.6 Å². The minimum absolute atomic E-state index is 0.0303. The van der Waals surface area contributed by atoms with E-state index in [0.717, 1.165) is 23.6 Å². The van der Waals surface area contributed by atoms with Gasteiger partial charge >= 0.3 is 0 Å². The second-order valence-electron chi connectivity index (χ2n) is 4.86. The Kier molecular flexibility index (Phi) is 6.80. The second-order valence-corrected chi connectivity index (χ2v) is 6.46. The predicted octanol–water partition coefficient (Wildman–Crippen LogP) is 3.79. The molecule has 0 unspecified atom stereocenters. The molecule has 0 aliphatic heterocycles. The van der Waals surface area contributed by atoms with Gasteiger partial charge in [-0.3, -0.25) is 9.48 Å². The van der Waals surface area contributed by atoms with Crippen molar-refractivity contribution < 1.29 is 4.79 Å². The highest BCUT2D eigenvalue weighted by molar-refractivity contribution is 7.99. The molecule has 1 aromatic heterocycles. The summed E-state index contributed by atoms with van der Waals surface area (Å²) in [5.74, 6) is 0.989. The average molecular weight is 338 g/mol. The third kappa shape index (κ3) is 5.07. The van der Waals surface area contributed by atoms with Gasteiger partial charge in [0.05, 0.1) is 0 Å². The first-order valence-electron chi connectivity index (χ1n) is 7.36. The van der Waals surface area contributed by atoms with Crippen molar-refractivity contribution in [3.63, 3.8) is 0 Å². The van der Waals surface area contributed by atoms with Crippen LogP contribution in [0.4, 0.5) is 0 Å². The third-order valence-electron chi connectivity index (χ3n) is 3.24. The molecule has 1 amide bonds. The fourth-order valence-electron chi connectivity index (χ4n) is 2.08. The number of benzene rings is 1. The molecule has 0 aliphatic carbocycles. The molecule has 0 saturated heterocycles. The molecular formula is C16H20ClN3OS. The second kappa shape index (κ2) is 8.86. The van der Waals surface area contributed by atoms with E-state index < -0.39 is 0 Å². The molecule has 2 aromatic rings. The highest BCUT2D eigenvalue weighted by atomic mass is 35.5. The van der Waals surface area contributed by atoms with Crippen molar-refractivity contribution in [2.24, 2.45) is 0 Å². The van der Waals surface area contributed by atoms with E-state index >= 15 is 0 Å². The maximum Gasteiger partial charge on any atom is 0.244 e. The number of carbonyl (C=O) groups excluding carboxylic acids is 1. The van der Waals surface area contributed by atoms with Gasteiger partial charge in [0.25, 0.3) is 0 Å². The van der Waals surface area contributed by atoms with E-state index in [9.17, 15) is 4.79 Å². The molecule has 0 bridgehead atoms. The van der Waals surface area contributed by atoms with E-state index in [-0.39, 0.29) is 11.9 Å². The minimum Gasteiger partial charge on any atom is -0.354 e. The Bertz CT molecular complexity index is 572. The SMILES string of the molecule is CC[C@H](C(=O)NCCCSc1ccc(Cl)cc1)n1cccn1. The summed E-state index contributed by atoms with van der Waals surface area (Å²) >= 11 is 7.62. The Morgan fingerprint density at radius 2 is 2.18 bits per heavy atom. The standard InChI is InChI=1S/C16H20ClN3OS/c1-2-15(20-11-3-10-19-20)16(21)18-9-4-12-22-14-7-5-13(17)6-8-14/h3,5-8,10-11,15H,2,4,9,12H2,1H3,(H,18,21)/t15-/m1/s1. The molecule has 1 N–H and O–H groups in total. The quantitative estimate of drug-likeness (QED) is 0.589. The summed E-state index contributed by atoms with van der Waals surface area (Å²) in [6.07, 6.45) is 5.17. The van der Waals surface area contributed by atoms with E-state index in [1.807, 2.05) is 43.5 Å². The highest BCUT2D eigenvalue weighted by Crippen LogP contribution is 2.20. The zero-order valence-electron chi connectivity index (χ0n) is 12.5. The minimum atomic E-state index is -0.223. The highest BCUT2D eigenvalue weighted by Gasteiger charge is 2.17. The number of aromatic nitrogens is 2. The van der Waals surface area contributed by atoms with Crippen molar-refractivity contribution in [1.82, 2.24) is 15.1 Å². The summed E-state index contributed by atoms with van der Waals surface area (Å²) in [5, 5.41) is 7.87.